The summed E-state index contributed by atoms with van der Waals surface area (Å²) < 4.78 is 10.9. The monoisotopic (exact) mass is 345 g/mol. The average Bonchev–Trinajstić information content (AvgIpc) is 2.51. The molecule has 2 atom stereocenters. The normalized spacial score (nSPS) is 20.5. The zero-order valence-corrected chi connectivity index (χ0v) is 14.1. The number of amides is 1. The number of anilines is 1. The summed E-state index contributed by atoms with van der Waals surface area (Å²) in [4.78, 5) is 12.5. The first kappa shape index (κ1) is 19.5. The lowest BCUT2D eigenvalue weighted by molar-refractivity contribution is 0.0208. The summed E-state index contributed by atoms with van der Waals surface area (Å²) in [5.74, 6) is 0.164. The van der Waals surface area contributed by atoms with Gasteiger partial charge in [-0.1, -0.05) is 11.6 Å². The van der Waals surface area contributed by atoms with Crippen LogP contribution in [-0.2, 0) is 4.74 Å². The lowest BCUT2D eigenvalue weighted by atomic mass is 10.0. The Morgan fingerprint density at radius 1 is 1.52 bits per heavy atom. The highest BCUT2D eigenvalue weighted by molar-refractivity contribution is 6.33. The first-order valence-electron chi connectivity index (χ1n) is 7.33. The quantitative estimate of drug-likeness (QED) is 0.676. The van der Waals surface area contributed by atoms with E-state index in [9.17, 15) is 4.79 Å². The van der Waals surface area contributed by atoms with Crippen molar-refractivity contribution in [2.75, 3.05) is 32.5 Å². The van der Waals surface area contributed by atoms with Crippen molar-refractivity contribution in [1.29, 1.82) is 0 Å². The molecule has 7 nitrogen and oxygen atoms in total. The molecule has 1 aromatic carbocycles. The molecule has 1 aliphatic heterocycles. The van der Waals surface area contributed by atoms with Crippen LogP contribution in [0.2, 0.25) is 5.02 Å². The fourth-order valence-corrected chi connectivity index (χ4v) is 2.71. The van der Waals surface area contributed by atoms with E-state index in [2.05, 4.69) is 10.6 Å². The maximum absolute atomic E-state index is 12.5. The van der Waals surface area contributed by atoms with Gasteiger partial charge in [-0.2, -0.15) is 0 Å². The number of halogens is 1. The highest BCUT2D eigenvalue weighted by Crippen LogP contribution is 2.29. The molecule has 0 spiro atoms. The Balaban J connectivity index is 0.00000264. The molecule has 0 aromatic heterocycles. The van der Waals surface area contributed by atoms with Gasteiger partial charge in [0.25, 0.3) is 5.91 Å². The summed E-state index contributed by atoms with van der Waals surface area (Å²) >= 11 is 6.01. The van der Waals surface area contributed by atoms with Crippen LogP contribution in [0.4, 0.5) is 5.69 Å². The number of carbonyl (C=O) groups excluding carboxylic acids is 1. The molecule has 0 bridgehead atoms. The van der Waals surface area contributed by atoms with Gasteiger partial charge in [0.1, 0.15) is 5.75 Å². The smallest absolute Gasteiger partial charge is 0.255 e. The molecule has 0 radical (unpaired) electrons. The average molecular weight is 346 g/mol. The summed E-state index contributed by atoms with van der Waals surface area (Å²) in [5, 5.41) is 6.60. The predicted molar refractivity (Wildman–Crippen MR) is 90.2 cm³/mol. The molecule has 23 heavy (non-hydrogen) atoms. The molecule has 130 valence electrons. The van der Waals surface area contributed by atoms with E-state index in [0.29, 0.717) is 28.6 Å². The van der Waals surface area contributed by atoms with Gasteiger partial charge in [0.05, 0.1) is 35.5 Å². The van der Waals surface area contributed by atoms with E-state index in [1.165, 1.54) is 13.2 Å². The Labute approximate surface area is 140 Å². The van der Waals surface area contributed by atoms with Gasteiger partial charge in [0, 0.05) is 19.2 Å². The van der Waals surface area contributed by atoms with Crippen LogP contribution in [-0.4, -0.2) is 50.3 Å². The van der Waals surface area contributed by atoms with E-state index in [0.717, 1.165) is 19.5 Å². The third-order valence-corrected chi connectivity index (χ3v) is 4.01. The van der Waals surface area contributed by atoms with E-state index in [-0.39, 0.29) is 23.5 Å². The topological polar surface area (TPSA) is 117 Å². The van der Waals surface area contributed by atoms with Crippen molar-refractivity contribution >= 4 is 23.2 Å². The summed E-state index contributed by atoms with van der Waals surface area (Å²) in [6, 6.07) is 3.04. The number of benzene rings is 1. The van der Waals surface area contributed by atoms with Gasteiger partial charge in [-0.25, -0.2) is 0 Å². The van der Waals surface area contributed by atoms with Crippen LogP contribution in [0.1, 0.15) is 23.7 Å². The molecule has 1 saturated heterocycles. The number of ether oxygens (including phenoxy) is 2. The van der Waals surface area contributed by atoms with Gasteiger partial charge in [-0.3, -0.25) is 4.79 Å². The van der Waals surface area contributed by atoms with Crippen LogP contribution >= 0.6 is 11.6 Å². The second kappa shape index (κ2) is 8.93. The van der Waals surface area contributed by atoms with Gasteiger partial charge in [-0.15, -0.1) is 0 Å². The minimum absolute atomic E-state index is 0. The molecular weight excluding hydrogens is 322 g/mol. The first-order chi connectivity index (χ1) is 10.6. The Morgan fingerprint density at radius 3 is 2.91 bits per heavy atom. The van der Waals surface area contributed by atoms with Crippen molar-refractivity contribution < 1.29 is 19.7 Å². The van der Waals surface area contributed by atoms with Crippen molar-refractivity contribution in [3.63, 3.8) is 0 Å². The number of hydrogen-bond acceptors (Lipinski definition) is 5. The first-order valence-corrected chi connectivity index (χ1v) is 7.70. The number of piperidine rings is 1. The summed E-state index contributed by atoms with van der Waals surface area (Å²) in [6.45, 7) is 4.11. The number of carbonyl (C=O) groups is 1. The second-order valence-electron chi connectivity index (χ2n) is 5.14. The molecule has 1 heterocycles. The van der Waals surface area contributed by atoms with Gasteiger partial charge in [0.2, 0.25) is 0 Å². The molecule has 2 rings (SSSR count). The van der Waals surface area contributed by atoms with E-state index in [1.807, 2.05) is 6.92 Å². The molecular formula is C15H24ClN3O4. The van der Waals surface area contributed by atoms with E-state index >= 15 is 0 Å². The molecule has 1 fully saturated rings. The molecule has 0 saturated carbocycles. The third-order valence-electron chi connectivity index (χ3n) is 3.69. The number of hydrogen-bond donors (Lipinski definition) is 3. The number of nitrogens with two attached hydrogens (primary N) is 1. The van der Waals surface area contributed by atoms with Crippen LogP contribution in [0.15, 0.2) is 12.1 Å². The summed E-state index contributed by atoms with van der Waals surface area (Å²) in [7, 11) is 1.49. The van der Waals surface area contributed by atoms with Crippen molar-refractivity contribution in [3.8, 4) is 5.75 Å². The summed E-state index contributed by atoms with van der Waals surface area (Å²) in [6.07, 6.45) is 0.763. The van der Waals surface area contributed by atoms with Crippen LogP contribution < -0.4 is 21.1 Å². The zero-order valence-electron chi connectivity index (χ0n) is 13.3. The van der Waals surface area contributed by atoms with Crippen LogP contribution in [0, 0.1) is 0 Å². The Kier molecular flexibility index (Phi) is 7.57. The lowest BCUT2D eigenvalue weighted by Gasteiger charge is -2.32. The molecule has 1 aromatic rings. The van der Waals surface area contributed by atoms with Crippen molar-refractivity contribution in [2.24, 2.45) is 0 Å². The number of methoxy groups -OCH3 is 1. The molecule has 0 aliphatic carbocycles. The molecule has 0 unspecified atom stereocenters. The van der Waals surface area contributed by atoms with Crippen LogP contribution in [0.25, 0.3) is 0 Å². The maximum atomic E-state index is 12.5. The minimum atomic E-state index is -0.240. The van der Waals surface area contributed by atoms with Gasteiger partial charge >= 0.3 is 0 Å². The van der Waals surface area contributed by atoms with Crippen molar-refractivity contribution in [1.82, 2.24) is 10.6 Å². The largest absolute Gasteiger partial charge is 0.496 e. The molecule has 1 aliphatic rings. The zero-order chi connectivity index (χ0) is 16.1. The van der Waals surface area contributed by atoms with Crippen molar-refractivity contribution in [2.45, 2.75) is 25.5 Å². The van der Waals surface area contributed by atoms with Crippen LogP contribution in [0.5, 0.6) is 5.75 Å². The lowest BCUT2D eigenvalue weighted by Crippen LogP contribution is -2.53. The Morgan fingerprint density at radius 2 is 2.26 bits per heavy atom. The predicted octanol–water partition coefficient (Wildman–Crippen LogP) is 0.603. The Bertz CT molecular complexity index is 540. The van der Waals surface area contributed by atoms with Crippen molar-refractivity contribution in [3.05, 3.63) is 22.7 Å². The van der Waals surface area contributed by atoms with Gasteiger partial charge < -0.3 is 31.3 Å². The highest BCUT2D eigenvalue weighted by Gasteiger charge is 2.28. The number of rotatable bonds is 5. The molecule has 8 heteroatoms. The number of nitrogens with one attached hydrogen (secondary N) is 2. The second-order valence-corrected chi connectivity index (χ2v) is 5.55. The SMILES string of the molecule is CCO[C@H]1CNCC[C@H]1NC(=O)c1cc(Cl)c(N)cc1OC.O. The van der Waals surface area contributed by atoms with Gasteiger partial charge in [-0.05, 0) is 26.0 Å². The van der Waals surface area contributed by atoms with E-state index in [4.69, 9.17) is 26.8 Å². The standard InChI is InChI=1S/C15H22ClN3O3.H2O/c1-3-22-14-8-18-5-4-12(14)19-15(20)9-6-10(16)11(17)7-13(9)21-2;/h6-7,12,14,18H,3-5,8,17H2,1-2H3,(H,19,20);1H2/t12-,14+;/m1./s1. The fraction of sp³-hybridized carbons (Fsp3) is 0.533. The summed E-state index contributed by atoms with van der Waals surface area (Å²) in [5.41, 5.74) is 6.49. The molecule has 6 N–H and O–H groups in total. The van der Waals surface area contributed by atoms with Crippen LogP contribution in [0.3, 0.4) is 0 Å². The fourth-order valence-electron chi connectivity index (χ4n) is 2.55. The number of nitrogen functional groups attached to an aromatic ring is 1. The Hall–Kier alpha value is -1.54. The minimum Gasteiger partial charge on any atom is -0.496 e. The highest BCUT2D eigenvalue weighted by atomic mass is 35.5. The van der Waals surface area contributed by atoms with E-state index in [1.54, 1.807) is 6.07 Å². The van der Waals surface area contributed by atoms with E-state index < -0.39 is 0 Å². The van der Waals surface area contributed by atoms with Gasteiger partial charge in [0.15, 0.2) is 0 Å². The molecule has 1 amide bonds. The third kappa shape index (κ3) is 4.71. The maximum Gasteiger partial charge on any atom is 0.255 e.